The first-order valence-corrected chi connectivity index (χ1v) is 7.18. The molecule has 0 atom stereocenters. The minimum absolute atomic E-state index is 0.628. The van der Waals surface area contributed by atoms with Crippen LogP contribution in [0.25, 0.3) is 0 Å². The number of aromatic nitrogens is 3. The lowest BCUT2D eigenvalue weighted by molar-refractivity contribution is 0.208. The third-order valence-electron chi connectivity index (χ3n) is 3.51. The van der Waals surface area contributed by atoms with E-state index in [1.807, 2.05) is 0 Å². The number of nitrogens with zero attached hydrogens (tertiary/aromatic N) is 4. The van der Waals surface area contributed by atoms with E-state index in [-0.39, 0.29) is 0 Å². The molecule has 0 amide bonds. The van der Waals surface area contributed by atoms with E-state index in [0.29, 0.717) is 6.04 Å². The zero-order valence-corrected chi connectivity index (χ0v) is 12.3. The molecule has 0 aromatic carbocycles. The van der Waals surface area contributed by atoms with E-state index in [1.54, 1.807) is 0 Å². The Labute approximate surface area is 114 Å². The standard InChI is InChI=1S/C12H23N5S/c1-4-5-17-11(13-14-12(17)18)16-8-6-15(7-9-16)10(2)3/h10H,4-9H2,1-3H3,(H,14,18). The lowest BCUT2D eigenvalue weighted by atomic mass is 10.2. The van der Waals surface area contributed by atoms with Gasteiger partial charge in [0.2, 0.25) is 5.95 Å². The Morgan fingerprint density at radius 1 is 1.28 bits per heavy atom. The van der Waals surface area contributed by atoms with Gasteiger partial charge in [0.1, 0.15) is 0 Å². The molecule has 0 saturated carbocycles. The molecular weight excluding hydrogens is 246 g/mol. The fourth-order valence-corrected chi connectivity index (χ4v) is 2.63. The molecule has 1 N–H and O–H groups in total. The van der Waals surface area contributed by atoms with Crippen molar-refractivity contribution < 1.29 is 0 Å². The molecule has 0 bridgehead atoms. The van der Waals surface area contributed by atoms with Gasteiger partial charge in [-0.15, -0.1) is 5.10 Å². The van der Waals surface area contributed by atoms with Crippen LogP contribution in [0.2, 0.25) is 0 Å². The average Bonchev–Trinajstić information content (AvgIpc) is 2.72. The number of rotatable bonds is 4. The molecule has 1 aromatic rings. The number of anilines is 1. The second-order valence-corrected chi connectivity index (χ2v) is 5.48. The van der Waals surface area contributed by atoms with Crippen LogP contribution in [-0.2, 0) is 6.54 Å². The Balaban J connectivity index is 2.07. The largest absolute Gasteiger partial charge is 0.338 e. The molecule has 0 unspecified atom stereocenters. The quantitative estimate of drug-likeness (QED) is 0.847. The zero-order valence-electron chi connectivity index (χ0n) is 11.5. The summed E-state index contributed by atoms with van der Waals surface area (Å²) in [5.41, 5.74) is 0. The van der Waals surface area contributed by atoms with Gasteiger partial charge in [-0.2, -0.15) is 0 Å². The zero-order chi connectivity index (χ0) is 13.1. The van der Waals surface area contributed by atoms with Crippen molar-refractivity contribution in [3.8, 4) is 0 Å². The van der Waals surface area contributed by atoms with Gasteiger partial charge in [0.05, 0.1) is 0 Å². The molecule has 0 radical (unpaired) electrons. The molecule has 5 nitrogen and oxygen atoms in total. The van der Waals surface area contributed by atoms with Crippen LogP contribution < -0.4 is 4.90 Å². The number of nitrogens with one attached hydrogen (secondary N) is 1. The molecule has 1 aliphatic rings. The maximum atomic E-state index is 5.28. The highest BCUT2D eigenvalue weighted by molar-refractivity contribution is 7.71. The summed E-state index contributed by atoms with van der Waals surface area (Å²) < 4.78 is 2.85. The van der Waals surface area contributed by atoms with E-state index in [4.69, 9.17) is 12.2 Å². The summed E-state index contributed by atoms with van der Waals surface area (Å²) in [6.07, 6.45) is 1.08. The maximum absolute atomic E-state index is 5.28. The van der Waals surface area contributed by atoms with Gasteiger partial charge in [-0.05, 0) is 32.5 Å². The van der Waals surface area contributed by atoms with Crippen molar-refractivity contribution in [2.24, 2.45) is 0 Å². The van der Waals surface area contributed by atoms with Crippen LogP contribution in [0.15, 0.2) is 0 Å². The highest BCUT2D eigenvalue weighted by atomic mass is 32.1. The SMILES string of the molecule is CCCn1c(N2CCN(C(C)C)CC2)n[nH]c1=S. The van der Waals surface area contributed by atoms with Crippen molar-refractivity contribution in [2.75, 3.05) is 31.1 Å². The number of hydrogen-bond donors (Lipinski definition) is 1. The number of hydrogen-bond acceptors (Lipinski definition) is 4. The Kier molecular flexibility index (Phi) is 4.40. The van der Waals surface area contributed by atoms with Crippen LogP contribution in [0.1, 0.15) is 27.2 Å². The second kappa shape index (κ2) is 5.84. The molecule has 1 aromatic heterocycles. The van der Waals surface area contributed by atoms with Gasteiger partial charge < -0.3 is 4.90 Å². The summed E-state index contributed by atoms with van der Waals surface area (Å²) in [6.45, 7) is 11.9. The molecule has 102 valence electrons. The molecule has 0 aliphatic carbocycles. The molecular formula is C12H23N5S. The van der Waals surface area contributed by atoms with E-state index in [1.165, 1.54) is 0 Å². The van der Waals surface area contributed by atoms with E-state index < -0.39 is 0 Å². The van der Waals surface area contributed by atoms with Crippen molar-refractivity contribution in [3.63, 3.8) is 0 Å². The lowest BCUT2D eigenvalue weighted by Crippen LogP contribution is -2.49. The number of piperazine rings is 1. The maximum Gasteiger partial charge on any atom is 0.225 e. The average molecular weight is 269 g/mol. The van der Waals surface area contributed by atoms with Crippen molar-refractivity contribution >= 4 is 18.2 Å². The third-order valence-corrected chi connectivity index (χ3v) is 3.82. The minimum Gasteiger partial charge on any atom is -0.338 e. The molecule has 2 rings (SSSR count). The second-order valence-electron chi connectivity index (χ2n) is 5.10. The highest BCUT2D eigenvalue weighted by Crippen LogP contribution is 2.15. The van der Waals surface area contributed by atoms with Crippen LogP contribution in [0, 0.1) is 4.77 Å². The predicted octanol–water partition coefficient (Wildman–Crippen LogP) is 1.88. The molecule has 18 heavy (non-hydrogen) atoms. The van der Waals surface area contributed by atoms with Crippen molar-refractivity contribution in [1.82, 2.24) is 19.7 Å². The lowest BCUT2D eigenvalue weighted by Gasteiger charge is -2.37. The van der Waals surface area contributed by atoms with Gasteiger partial charge in [0.15, 0.2) is 4.77 Å². The van der Waals surface area contributed by atoms with Crippen molar-refractivity contribution in [2.45, 2.75) is 39.8 Å². The van der Waals surface area contributed by atoms with Crippen LogP contribution in [0.5, 0.6) is 0 Å². The van der Waals surface area contributed by atoms with Crippen LogP contribution in [0.4, 0.5) is 5.95 Å². The first kappa shape index (κ1) is 13.5. The summed E-state index contributed by atoms with van der Waals surface area (Å²) in [4.78, 5) is 4.84. The van der Waals surface area contributed by atoms with Crippen molar-refractivity contribution in [1.29, 1.82) is 0 Å². The van der Waals surface area contributed by atoms with Gasteiger partial charge in [0, 0.05) is 38.8 Å². The van der Waals surface area contributed by atoms with E-state index >= 15 is 0 Å². The van der Waals surface area contributed by atoms with Gasteiger partial charge >= 0.3 is 0 Å². The molecule has 1 saturated heterocycles. The van der Waals surface area contributed by atoms with Gasteiger partial charge in [-0.1, -0.05) is 6.92 Å². The van der Waals surface area contributed by atoms with Crippen LogP contribution in [-0.4, -0.2) is 51.9 Å². The summed E-state index contributed by atoms with van der Waals surface area (Å²) in [6, 6.07) is 0.628. The molecule has 0 spiro atoms. The Hall–Kier alpha value is -0.880. The molecule has 1 aliphatic heterocycles. The topological polar surface area (TPSA) is 40.1 Å². The highest BCUT2D eigenvalue weighted by Gasteiger charge is 2.22. The Bertz CT molecular complexity index is 428. The van der Waals surface area contributed by atoms with Gasteiger partial charge in [0.25, 0.3) is 0 Å². The van der Waals surface area contributed by atoms with Crippen molar-refractivity contribution in [3.05, 3.63) is 4.77 Å². The van der Waals surface area contributed by atoms with Crippen LogP contribution >= 0.6 is 12.2 Å². The number of aromatic amines is 1. The molecule has 2 heterocycles. The first-order valence-electron chi connectivity index (χ1n) is 6.77. The Morgan fingerprint density at radius 3 is 2.50 bits per heavy atom. The van der Waals surface area contributed by atoms with E-state index in [9.17, 15) is 0 Å². The minimum atomic E-state index is 0.628. The summed E-state index contributed by atoms with van der Waals surface area (Å²) in [5.74, 6) is 1.00. The normalized spacial score (nSPS) is 17.7. The molecule has 6 heteroatoms. The van der Waals surface area contributed by atoms with Gasteiger partial charge in [-0.25, -0.2) is 5.10 Å². The fraction of sp³-hybridized carbons (Fsp3) is 0.833. The smallest absolute Gasteiger partial charge is 0.225 e. The predicted molar refractivity (Wildman–Crippen MR) is 76.6 cm³/mol. The summed E-state index contributed by atoms with van der Waals surface area (Å²) >= 11 is 5.28. The third kappa shape index (κ3) is 2.75. The van der Waals surface area contributed by atoms with E-state index in [0.717, 1.165) is 49.9 Å². The monoisotopic (exact) mass is 269 g/mol. The van der Waals surface area contributed by atoms with E-state index in [2.05, 4.69) is 45.3 Å². The van der Waals surface area contributed by atoms with Crippen LogP contribution in [0.3, 0.4) is 0 Å². The van der Waals surface area contributed by atoms with Gasteiger partial charge in [-0.3, -0.25) is 9.47 Å². The Morgan fingerprint density at radius 2 is 1.94 bits per heavy atom. The summed E-state index contributed by atoms with van der Waals surface area (Å²) in [7, 11) is 0. The fourth-order valence-electron chi connectivity index (χ4n) is 2.41. The first-order chi connectivity index (χ1) is 8.63. The number of H-pyrrole nitrogens is 1. The molecule has 1 fully saturated rings. The summed E-state index contributed by atoms with van der Waals surface area (Å²) in [5, 5.41) is 7.29.